The van der Waals surface area contributed by atoms with Crippen molar-refractivity contribution in [3.05, 3.63) is 30.0 Å². The molecular formula is C15H16N2O4. The van der Waals surface area contributed by atoms with Gasteiger partial charge in [0.05, 0.1) is 19.8 Å². The second kappa shape index (κ2) is 5.47. The van der Waals surface area contributed by atoms with Gasteiger partial charge in [0, 0.05) is 22.9 Å². The number of hydrogen-bond donors (Lipinski definition) is 2. The van der Waals surface area contributed by atoms with E-state index in [0.717, 1.165) is 23.8 Å². The van der Waals surface area contributed by atoms with Gasteiger partial charge in [-0.3, -0.25) is 20.4 Å². The van der Waals surface area contributed by atoms with Gasteiger partial charge in [-0.2, -0.15) is 0 Å². The molecule has 2 amide bonds. The molecule has 2 aromatic rings. The predicted octanol–water partition coefficient (Wildman–Crippen LogP) is 1.54. The molecule has 1 aromatic carbocycles. The Morgan fingerprint density at radius 2 is 2.14 bits per heavy atom. The molecule has 1 aliphatic rings. The van der Waals surface area contributed by atoms with E-state index in [2.05, 4.69) is 10.9 Å². The number of benzene rings is 1. The highest BCUT2D eigenvalue weighted by atomic mass is 16.5. The van der Waals surface area contributed by atoms with Crippen LogP contribution in [0.3, 0.4) is 0 Å². The Kier molecular flexibility index (Phi) is 3.51. The minimum Gasteiger partial charge on any atom is -0.497 e. The molecule has 110 valence electrons. The number of fused-ring (bicyclic) bond motifs is 1. The fraction of sp³-hybridized carbons (Fsp3) is 0.333. The first kappa shape index (κ1) is 13.5. The monoisotopic (exact) mass is 288 g/mol. The molecule has 0 spiro atoms. The quantitative estimate of drug-likeness (QED) is 0.836. The normalized spacial score (nSPS) is 14.0. The standard InChI is InChI=1S/C15H16N2O4/c1-20-11-4-5-12-10(8-21-13(12)7-11)6-14(18)16-17-15(19)9-2-3-9/h4-5,7-9H,2-3,6H2,1H3,(H,16,18)(H,17,19). The smallest absolute Gasteiger partial charge is 0.242 e. The number of hydrazine groups is 1. The third-order valence-electron chi connectivity index (χ3n) is 3.49. The lowest BCUT2D eigenvalue weighted by Crippen LogP contribution is -2.43. The molecule has 0 unspecified atom stereocenters. The molecule has 6 heteroatoms. The zero-order valence-corrected chi connectivity index (χ0v) is 11.6. The highest BCUT2D eigenvalue weighted by Gasteiger charge is 2.29. The van der Waals surface area contributed by atoms with Gasteiger partial charge in [0.1, 0.15) is 11.3 Å². The Morgan fingerprint density at radius 3 is 2.86 bits per heavy atom. The molecule has 0 saturated heterocycles. The van der Waals surface area contributed by atoms with E-state index in [1.54, 1.807) is 19.4 Å². The molecule has 3 rings (SSSR count). The Morgan fingerprint density at radius 1 is 1.33 bits per heavy atom. The maximum atomic E-state index is 11.8. The van der Waals surface area contributed by atoms with Crippen molar-refractivity contribution in [1.29, 1.82) is 0 Å². The van der Waals surface area contributed by atoms with Gasteiger partial charge in [-0.1, -0.05) is 0 Å². The van der Waals surface area contributed by atoms with Gasteiger partial charge in [-0.25, -0.2) is 0 Å². The summed E-state index contributed by atoms with van der Waals surface area (Å²) in [4.78, 5) is 23.3. The summed E-state index contributed by atoms with van der Waals surface area (Å²) < 4.78 is 10.5. The van der Waals surface area contributed by atoms with Crippen LogP contribution >= 0.6 is 0 Å². The SMILES string of the molecule is COc1ccc2c(CC(=O)NNC(=O)C3CC3)coc2c1. The van der Waals surface area contributed by atoms with E-state index in [-0.39, 0.29) is 24.2 Å². The van der Waals surface area contributed by atoms with Crippen molar-refractivity contribution in [2.75, 3.05) is 7.11 Å². The summed E-state index contributed by atoms with van der Waals surface area (Å²) in [5.41, 5.74) is 6.29. The van der Waals surface area contributed by atoms with Crippen LogP contribution in [0.4, 0.5) is 0 Å². The van der Waals surface area contributed by atoms with Crippen LogP contribution in [0.25, 0.3) is 11.0 Å². The van der Waals surface area contributed by atoms with Crippen LogP contribution < -0.4 is 15.6 Å². The van der Waals surface area contributed by atoms with E-state index in [1.807, 2.05) is 12.1 Å². The molecule has 1 saturated carbocycles. The van der Waals surface area contributed by atoms with E-state index in [4.69, 9.17) is 9.15 Å². The predicted molar refractivity (Wildman–Crippen MR) is 75.5 cm³/mol. The summed E-state index contributed by atoms with van der Waals surface area (Å²) in [5.74, 6) is 0.365. The van der Waals surface area contributed by atoms with Crippen molar-refractivity contribution in [2.45, 2.75) is 19.3 Å². The summed E-state index contributed by atoms with van der Waals surface area (Å²) >= 11 is 0. The molecule has 6 nitrogen and oxygen atoms in total. The first-order valence-corrected chi connectivity index (χ1v) is 6.80. The number of carbonyl (C=O) groups excluding carboxylic acids is 2. The molecular weight excluding hydrogens is 272 g/mol. The zero-order valence-electron chi connectivity index (χ0n) is 11.6. The van der Waals surface area contributed by atoms with Gasteiger partial charge in [0.25, 0.3) is 0 Å². The fourth-order valence-corrected chi connectivity index (χ4v) is 2.12. The molecule has 1 heterocycles. The lowest BCUT2D eigenvalue weighted by atomic mass is 10.1. The summed E-state index contributed by atoms with van der Waals surface area (Å²) in [6.45, 7) is 0. The van der Waals surface area contributed by atoms with Gasteiger partial charge in [0.15, 0.2) is 0 Å². The Hall–Kier alpha value is -2.50. The Balaban J connectivity index is 1.63. The van der Waals surface area contributed by atoms with Gasteiger partial charge in [-0.05, 0) is 25.0 Å². The van der Waals surface area contributed by atoms with Crippen LogP contribution in [0.1, 0.15) is 18.4 Å². The lowest BCUT2D eigenvalue weighted by molar-refractivity contribution is -0.129. The van der Waals surface area contributed by atoms with Crippen molar-refractivity contribution in [3.63, 3.8) is 0 Å². The first-order chi connectivity index (χ1) is 10.2. The van der Waals surface area contributed by atoms with E-state index < -0.39 is 0 Å². The third kappa shape index (κ3) is 2.99. The lowest BCUT2D eigenvalue weighted by Gasteiger charge is -2.05. The number of amides is 2. The molecule has 0 bridgehead atoms. The molecule has 0 aliphatic heterocycles. The molecule has 1 aliphatic carbocycles. The summed E-state index contributed by atoms with van der Waals surface area (Å²) in [6, 6.07) is 5.43. The highest BCUT2D eigenvalue weighted by Crippen LogP contribution is 2.28. The van der Waals surface area contributed by atoms with E-state index >= 15 is 0 Å². The second-order valence-corrected chi connectivity index (χ2v) is 5.11. The van der Waals surface area contributed by atoms with Crippen LogP contribution in [0.15, 0.2) is 28.9 Å². The topological polar surface area (TPSA) is 80.6 Å². The minimum atomic E-state index is -0.275. The summed E-state index contributed by atoms with van der Waals surface area (Å²) in [5, 5.41) is 0.861. The average Bonchev–Trinajstić information content (AvgIpc) is 3.28. The van der Waals surface area contributed by atoms with Crippen LogP contribution in [-0.2, 0) is 16.0 Å². The van der Waals surface area contributed by atoms with E-state index in [0.29, 0.717) is 11.3 Å². The number of rotatable bonds is 4. The van der Waals surface area contributed by atoms with Crippen LogP contribution in [-0.4, -0.2) is 18.9 Å². The number of carbonyl (C=O) groups is 2. The van der Waals surface area contributed by atoms with E-state index in [1.165, 1.54) is 0 Å². The van der Waals surface area contributed by atoms with Crippen LogP contribution in [0.2, 0.25) is 0 Å². The molecule has 0 atom stereocenters. The van der Waals surface area contributed by atoms with Crippen molar-refractivity contribution < 1.29 is 18.7 Å². The van der Waals surface area contributed by atoms with Crippen molar-refractivity contribution in [2.24, 2.45) is 5.92 Å². The number of nitrogens with one attached hydrogen (secondary N) is 2. The van der Waals surface area contributed by atoms with Crippen LogP contribution in [0.5, 0.6) is 5.75 Å². The first-order valence-electron chi connectivity index (χ1n) is 6.80. The number of hydrogen-bond acceptors (Lipinski definition) is 4. The largest absolute Gasteiger partial charge is 0.497 e. The van der Waals surface area contributed by atoms with E-state index in [9.17, 15) is 9.59 Å². The highest BCUT2D eigenvalue weighted by molar-refractivity contribution is 5.89. The number of methoxy groups -OCH3 is 1. The van der Waals surface area contributed by atoms with Crippen molar-refractivity contribution in [3.8, 4) is 5.75 Å². The Bertz CT molecular complexity index is 688. The average molecular weight is 288 g/mol. The van der Waals surface area contributed by atoms with Crippen molar-refractivity contribution >= 4 is 22.8 Å². The summed E-state index contributed by atoms with van der Waals surface area (Å²) in [7, 11) is 1.58. The molecule has 21 heavy (non-hydrogen) atoms. The summed E-state index contributed by atoms with van der Waals surface area (Å²) in [6.07, 6.45) is 3.49. The van der Waals surface area contributed by atoms with Gasteiger partial charge in [0.2, 0.25) is 11.8 Å². The molecule has 1 aromatic heterocycles. The van der Waals surface area contributed by atoms with Crippen molar-refractivity contribution in [1.82, 2.24) is 10.9 Å². The number of furan rings is 1. The third-order valence-corrected chi connectivity index (χ3v) is 3.49. The van der Waals surface area contributed by atoms with Gasteiger partial charge >= 0.3 is 0 Å². The molecule has 0 radical (unpaired) electrons. The van der Waals surface area contributed by atoms with Crippen LogP contribution in [0, 0.1) is 5.92 Å². The minimum absolute atomic E-state index is 0.0625. The molecule has 2 N–H and O–H groups in total. The number of ether oxygens (including phenoxy) is 1. The molecule has 1 fully saturated rings. The van der Waals surface area contributed by atoms with Gasteiger partial charge < -0.3 is 9.15 Å². The maximum Gasteiger partial charge on any atom is 0.242 e. The zero-order chi connectivity index (χ0) is 14.8. The van der Waals surface area contributed by atoms with Gasteiger partial charge in [-0.15, -0.1) is 0 Å². The Labute approximate surface area is 121 Å². The second-order valence-electron chi connectivity index (χ2n) is 5.11. The fourth-order valence-electron chi connectivity index (χ4n) is 2.12. The maximum absolute atomic E-state index is 11.8.